The number of rotatable bonds is 9. The highest BCUT2D eigenvalue weighted by molar-refractivity contribution is 6.30. The second-order valence-electron chi connectivity index (χ2n) is 8.80. The Morgan fingerprint density at radius 2 is 1.62 bits per heavy atom. The second kappa shape index (κ2) is 10.6. The zero-order chi connectivity index (χ0) is 23.1. The maximum atomic E-state index is 12.6. The first-order valence-electron chi connectivity index (χ1n) is 11.0. The highest BCUT2D eigenvalue weighted by atomic mass is 35.5. The van der Waals surface area contributed by atoms with Crippen molar-refractivity contribution < 1.29 is 4.79 Å². The van der Waals surface area contributed by atoms with Gasteiger partial charge in [-0.05, 0) is 53.4 Å². The molecule has 3 aromatic rings. The Bertz CT molecular complexity index is 1040. The number of aryl methyl sites for hydroxylation is 1. The van der Waals surface area contributed by atoms with Crippen LogP contribution >= 0.6 is 11.6 Å². The highest BCUT2D eigenvalue weighted by Gasteiger charge is 2.21. The van der Waals surface area contributed by atoms with E-state index in [-0.39, 0.29) is 11.3 Å². The Hall–Kier alpha value is -2.98. The molecule has 168 valence electrons. The van der Waals surface area contributed by atoms with Crippen molar-refractivity contribution in [1.82, 2.24) is 5.32 Å². The van der Waals surface area contributed by atoms with E-state index in [9.17, 15) is 4.79 Å². The Morgan fingerprint density at radius 1 is 0.969 bits per heavy atom. The fourth-order valence-corrected chi connectivity index (χ4v) is 3.71. The van der Waals surface area contributed by atoms with Crippen molar-refractivity contribution in [3.8, 4) is 0 Å². The van der Waals surface area contributed by atoms with Gasteiger partial charge in [-0.2, -0.15) is 0 Å². The zero-order valence-corrected chi connectivity index (χ0v) is 19.8. The lowest BCUT2D eigenvalue weighted by Gasteiger charge is -2.27. The molecule has 0 spiro atoms. The quantitative estimate of drug-likeness (QED) is 0.341. The van der Waals surface area contributed by atoms with Crippen LogP contribution in [0.1, 0.15) is 54.2 Å². The maximum absolute atomic E-state index is 12.6. The summed E-state index contributed by atoms with van der Waals surface area (Å²) in [4.78, 5) is 12.6. The number of nitrogens with two attached hydrogens (primary N) is 1. The number of hydrogen-bond acceptors (Lipinski definition) is 3. The van der Waals surface area contributed by atoms with Crippen LogP contribution in [0.4, 0.5) is 11.4 Å². The van der Waals surface area contributed by atoms with Gasteiger partial charge in [0.15, 0.2) is 0 Å². The van der Waals surface area contributed by atoms with Crippen LogP contribution in [0, 0.1) is 0 Å². The molecule has 3 aromatic carbocycles. The topological polar surface area (TPSA) is 67.2 Å². The summed E-state index contributed by atoms with van der Waals surface area (Å²) in [5, 5.41) is 7.11. The predicted molar refractivity (Wildman–Crippen MR) is 135 cm³/mol. The minimum Gasteiger partial charge on any atom is -0.397 e. The van der Waals surface area contributed by atoms with Gasteiger partial charge >= 0.3 is 0 Å². The van der Waals surface area contributed by atoms with Gasteiger partial charge in [0.1, 0.15) is 0 Å². The largest absolute Gasteiger partial charge is 0.397 e. The van der Waals surface area contributed by atoms with Crippen molar-refractivity contribution in [1.29, 1.82) is 0 Å². The molecule has 0 saturated carbocycles. The number of hydrogen-bond donors (Lipinski definition) is 3. The first kappa shape index (κ1) is 23.7. The third kappa shape index (κ3) is 6.27. The van der Waals surface area contributed by atoms with Crippen LogP contribution < -0.4 is 16.4 Å². The molecular weight excluding hydrogens is 418 g/mol. The molecule has 0 aromatic heterocycles. The van der Waals surface area contributed by atoms with E-state index in [1.807, 2.05) is 30.3 Å². The van der Waals surface area contributed by atoms with E-state index in [0.717, 1.165) is 29.1 Å². The number of halogens is 1. The summed E-state index contributed by atoms with van der Waals surface area (Å²) >= 11 is 6.01. The molecule has 0 heterocycles. The van der Waals surface area contributed by atoms with Crippen LogP contribution in [-0.2, 0) is 18.4 Å². The molecule has 0 aliphatic rings. The van der Waals surface area contributed by atoms with E-state index in [2.05, 4.69) is 55.7 Å². The van der Waals surface area contributed by atoms with Crippen LogP contribution in [0.2, 0.25) is 5.02 Å². The van der Waals surface area contributed by atoms with Crippen LogP contribution in [0.15, 0.2) is 66.7 Å². The van der Waals surface area contributed by atoms with E-state index >= 15 is 0 Å². The van der Waals surface area contributed by atoms with Crippen molar-refractivity contribution in [3.05, 3.63) is 94.0 Å². The maximum Gasteiger partial charge on any atom is 0.251 e. The Labute approximate surface area is 196 Å². The van der Waals surface area contributed by atoms with Crippen LogP contribution in [-0.4, -0.2) is 12.5 Å². The number of carbonyl (C=O) groups excluding carboxylic acids is 1. The number of nitrogen functional groups attached to an aromatic ring is 1. The van der Waals surface area contributed by atoms with E-state index < -0.39 is 0 Å². The number of anilines is 2. The summed E-state index contributed by atoms with van der Waals surface area (Å²) in [6, 6.07) is 21.6. The summed E-state index contributed by atoms with van der Waals surface area (Å²) in [7, 11) is 0. The molecule has 0 aliphatic heterocycles. The third-order valence-corrected chi connectivity index (χ3v) is 5.93. The minimum absolute atomic E-state index is 0.111. The van der Waals surface area contributed by atoms with Gasteiger partial charge in [-0.25, -0.2) is 0 Å². The van der Waals surface area contributed by atoms with Crippen LogP contribution in [0.25, 0.3) is 0 Å². The smallest absolute Gasteiger partial charge is 0.251 e. The minimum atomic E-state index is -0.137. The third-order valence-electron chi connectivity index (χ3n) is 5.67. The lowest BCUT2D eigenvalue weighted by molar-refractivity contribution is 0.0951. The van der Waals surface area contributed by atoms with E-state index in [0.29, 0.717) is 24.3 Å². The molecule has 4 nitrogen and oxygen atoms in total. The number of amides is 1. The SMILES string of the molecule is CCCc1ccc(CNC(=O)c2ccc(NCC(C)(C)c3ccc(Cl)cc3)c(N)c2)cc1. The lowest BCUT2D eigenvalue weighted by atomic mass is 9.84. The molecule has 5 heteroatoms. The van der Waals surface area contributed by atoms with Crippen LogP contribution in [0.5, 0.6) is 0 Å². The number of carbonyl (C=O) groups is 1. The summed E-state index contributed by atoms with van der Waals surface area (Å²) < 4.78 is 0. The molecule has 0 saturated heterocycles. The summed E-state index contributed by atoms with van der Waals surface area (Å²) in [6.45, 7) is 7.67. The number of benzene rings is 3. The summed E-state index contributed by atoms with van der Waals surface area (Å²) in [5.74, 6) is -0.137. The van der Waals surface area contributed by atoms with Gasteiger partial charge in [0.2, 0.25) is 0 Å². The van der Waals surface area contributed by atoms with Gasteiger partial charge in [-0.1, -0.05) is 75.2 Å². The van der Waals surface area contributed by atoms with Gasteiger partial charge < -0.3 is 16.4 Å². The molecule has 0 radical (unpaired) electrons. The molecule has 32 heavy (non-hydrogen) atoms. The van der Waals surface area contributed by atoms with Gasteiger partial charge in [0.25, 0.3) is 5.91 Å². The van der Waals surface area contributed by atoms with Gasteiger partial charge in [-0.15, -0.1) is 0 Å². The zero-order valence-electron chi connectivity index (χ0n) is 19.0. The standard InChI is InChI=1S/C27H32ClN3O/c1-4-5-19-6-8-20(9-7-19)17-30-26(32)21-10-15-25(24(29)16-21)31-18-27(2,3)22-11-13-23(28)14-12-22/h6-16,31H,4-5,17-18,29H2,1-3H3,(H,30,32). The van der Waals surface area contributed by atoms with Gasteiger partial charge in [0.05, 0.1) is 11.4 Å². The van der Waals surface area contributed by atoms with Crippen molar-refractivity contribution in [2.75, 3.05) is 17.6 Å². The van der Waals surface area contributed by atoms with Crippen molar-refractivity contribution in [2.45, 2.75) is 45.6 Å². The van der Waals surface area contributed by atoms with Crippen molar-refractivity contribution >= 4 is 28.9 Å². The first-order valence-corrected chi connectivity index (χ1v) is 11.4. The normalized spacial score (nSPS) is 11.2. The highest BCUT2D eigenvalue weighted by Crippen LogP contribution is 2.27. The molecule has 4 N–H and O–H groups in total. The Balaban J connectivity index is 1.57. The fraction of sp³-hybridized carbons (Fsp3) is 0.296. The molecule has 0 aliphatic carbocycles. The second-order valence-corrected chi connectivity index (χ2v) is 9.23. The molecule has 3 rings (SSSR count). The average molecular weight is 450 g/mol. The molecule has 1 amide bonds. The molecule has 0 fully saturated rings. The van der Waals surface area contributed by atoms with E-state index in [1.165, 1.54) is 11.1 Å². The summed E-state index contributed by atoms with van der Waals surface area (Å²) in [5.41, 5.74) is 11.6. The van der Waals surface area contributed by atoms with Crippen molar-refractivity contribution in [3.63, 3.8) is 0 Å². The molecule has 0 unspecified atom stereocenters. The van der Waals surface area contributed by atoms with E-state index in [4.69, 9.17) is 17.3 Å². The van der Waals surface area contributed by atoms with Gasteiger partial charge in [0, 0.05) is 29.1 Å². The molecular formula is C27H32ClN3O. The van der Waals surface area contributed by atoms with E-state index in [1.54, 1.807) is 12.1 Å². The Morgan fingerprint density at radius 3 is 2.25 bits per heavy atom. The van der Waals surface area contributed by atoms with Crippen LogP contribution in [0.3, 0.4) is 0 Å². The number of nitrogens with one attached hydrogen (secondary N) is 2. The Kier molecular flexibility index (Phi) is 7.81. The first-order chi connectivity index (χ1) is 15.3. The molecule has 0 bridgehead atoms. The molecule has 0 atom stereocenters. The van der Waals surface area contributed by atoms with Gasteiger partial charge in [-0.3, -0.25) is 4.79 Å². The lowest BCUT2D eigenvalue weighted by Crippen LogP contribution is -2.28. The summed E-state index contributed by atoms with van der Waals surface area (Å²) in [6.07, 6.45) is 2.20. The van der Waals surface area contributed by atoms with Crippen molar-refractivity contribution in [2.24, 2.45) is 0 Å². The average Bonchev–Trinajstić information content (AvgIpc) is 2.78. The monoisotopic (exact) mass is 449 g/mol. The fourth-order valence-electron chi connectivity index (χ4n) is 3.58. The predicted octanol–water partition coefficient (Wildman–Crippen LogP) is 6.19.